The van der Waals surface area contributed by atoms with Crippen LogP contribution in [0.4, 0.5) is 0 Å². The van der Waals surface area contributed by atoms with Crippen LogP contribution in [0.1, 0.15) is 10.4 Å². The first-order valence-electron chi connectivity index (χ1n) is 6.27. The summed E-state index contributed by atoms with van der Waals surface area (Å²) in [7, 11) is 3.16. The molecule has 2 aromatic carbocycles. The maximum absolute atomic E-state index is 12.1. The van der Waals surface area contributed by atoms with Crippen LogP contribution in [0.3, 0.4) is 0 Å². The highest BCUT2D eigenvalue weighted by atomic mass is 79.9. The van der Waals surface area contributed by atoms with Gasteiger partial charge in [-0.1, -0.05) is 12.1 Å². The quantitative estimate of drug-likeness (QED) is 0.744. The summed E-state index contributed by atoms with van der Waals surface area (Å²) in [5.41, 5.74) is 0.555. The van der Waals surface area contributed by atoms with E-state index in [1.165, 1.54) is 0 Å². The Kier molecular flexibility index (Phi) is 5.22. The van der Waals surface area contributed by atoms with E-state index < -0.39 is 0 Å². The van der Waals surface area contributed by atoms with Crippen molar-refractivity contribution in [1.82, 2.24) is 0 Å². The molecule has 4 nitrogen and oxygen atoms in total. The fourth-order valence-corrected chi connectivity index (χ4v) is 2.22. The van der Waals surface area contributed by atoms with Crippen LogP contribution in [0.5, 0.6) is 17.2 Å². The first kappa shape index (κ1) is 15.4. The van der Waals surface area contributed by atoms with Crippen molar-refractivity contribution in [2.24, 2.45) is 0 Å². The van der Waals surface area contributed by atoms with Crippen molar-refractivity contribution in [1.29, 1.82) is 0 Å². The minimum atomic E-state index is -0.114. The first-order valence-corrected chi connectivity index (χ1v) is 7.07. The van der Waals surface area contributed by atoms with Gasteiger partial charge >= 0.3 is 0 Å². The number of Topliss-reactive ketones (excluding diaryl/α,β-unsaturated/α-hetero) is 1. The lowest BCUT2D eigenvalue weighted by Crippen LogP contribution is -2.11. The van der Waals surface area contributed by atoms with Crippen LogP contribution in [0.15, 0.2) is 46.9 Å². The maximum atomic E-state index is 12.1. The summed E-state index contributed by atoms with van der Waals surface area (Å²) in [6.07, 6.45) is 0. The number of methoxy groups -OCH3 is 2. The standard InChI is InChI=1S/C16H15BrO4/c1-19-12-5-3-4-11(8-12)15(18)10-21-16-7-6-13(20-2)9-14(16)17/h3-9H,10H2,1-2H3. The number of ether oxygens (including phenoxy) is 3. The Morgan fingerprint density at radius 1 is 1.05 bits per heavy atom. The number of carbonyl (C=O) groups excluding carboxylic acids is 1. The first-order chi connectivity index (χ1) is 10.1. The van der Waals surface area contributed by atoms with Gasteiger partial charge in [-0.15, -0.1) is 0 Å². The van der Waals surface area contributed by atoms with Crippen LogP contribution >= 0.6 is 15.9 Å². The molecular weight excluding hydrogens is 336 g/mol. The van der Waals surface area contributed by atoms with E-state index in [0.29, 0.717) is 22.8 Å². The number of ketones is 1. The lowest BCUT2D eigenvalue weighted by molar-refractivity contribution is 0.0920. The van der Waals surface area contributed by atoms with E-state index in [1.807, 2.05) is 0 Å². The minimum Gasteiger partial charge on any atom is -0.497 e. The molecule has 110 valence electrons. The Morgan fingerprint density at radius 3 is 2.43 bits per heavy atom. The van der Waals surface area contributed by atoms with Crippen molar-refractivity contribution in [3.8, 4) is 17.2 Å². The Labute approximate surface area is 131 Å². The zero-order chi connectivity index (χ0) is 15.2. The summed E-state index contributed by atoms with van der Waals surface area (Å²) in [6.45, 7) is -0.0436. The van der Waals surface area contributed by atoms with E-state index in [4.69, 9.17) is 14.2 Å². The zero-order valence-corrected chi connectivity index (χ0v) is 13.3. The second-order valence-corrected chi connectivity index (χ2v) is 5.09. The van der Waals surface area contributed by atoms with Crippen molar-refractivity contribution in [3.63, 3.8) is 0 Å². The maximum Gasteiger partial charge on any atom is 0.200 e. The predicted molar refractivity (Wildman–Crippen MR) is 83.5 cm³/mol. The summed E-state index contributed by atoms with van der Waals surface area (Å²) >= 11 is 3.38. The number of hydrogen-bond donors (Lipinski definition) is 0. The van der Waals surface area contributed by atoms with Gasteiger partial charge in [0, 0.05) is 5.56 Å². The fourth-order valence-electron chi connectivity index (χ4n) is 1.75. The molecule has 0 heterocycles. The third-order valence-corrected chi connectivity index (χ3v) is 3.51. The van der Waals surface area contributed by atoms with Crippen molar-refractivity contribution in [2.45, 2.75) is 0 Å². The summed E-state index contributed by atoms with van der Waals surface area (Å²) < 4.78 is 16.5. The number of benzene rings is 2. The predicted octanol–water partition coefficient (Wildman–Crippen LogP) is 3.73. The number of rotatable bonds is 6. The summed E-state index contributed by atoms with van der Waals surface area (Å²) in [5, 5.41) is 0. The topological polar surface area (TPSA) is 44.8 Å². The lowest BCUT2D eigenvalue weighted by atomic mass is 10.1. The van der Waals surface area contributed by atoms with Gasteiger partial charge in [-0.3, -0.25) is 4.79 Å². The average Bonchev–Trinajstić information content (AvgIpc) is 2.53. The molecule has 0 fully saturated rings. The van der Waals surface area contributed by atoms with Gasteiger partial charge in [-0.25, -0.2) is 0 Å². The van der Waals surface area contributed by atoms with Gasteiger partial charge in [0.05, 0.1) is 18.7 Å². The molecule has 0 aromatic heterocycles. The van der Waals surface area contributed by atoms with Crippen molar-refractivity contribution in [2.75, 3.05) is 20.8 Å². The summed E-state index contributed by atoms with van der Waals surface area (Å²) in [4.78, 5) is 12.1. The Balaban J connectivity index is 2.03. The molecule has 0 saturated carbocycles. The fraction of sp³-hybridized carbons (Fsp3) is 0.188. The molecule has 2 aromatic rings. The van der Waals surface area contributed by atoms with E-state index in [-0.39, 0.29) is 12.4 Å². The number of carbonyl (C=O) groups is 1. The molecule has 0 unspecified atom stereocenters. The molecular formula is C16H15BrO4. The molecule has 0 spiro atoms. The molecule has 0 N–H and O–H groups in total. The molecule has 0 aliphatic rings. The smallest absolute Gasteiger partial charge is 0.200 e. The molecule has 0 bridgehead atoms. The SMILES string of the molecule is COc1cccc(C(=O)COc2ccc(OC)cc2Br)c1. The van der Waals surface area contributed by atoms with Crippen LogP contribution < -0.4 is 14.2 Å². The van der Waals surface area contributed by atoms with Crippen LogP contribution in [0.2, 0.25) is 0 Å². The Hall–Kier alpha value is -2.01. The van der Waals surface area contributed by atoms with Crippen LogP contribution in [-0.2, 0) is 0 Å². The molecule has 0 amide bonds. The van der Waals surface area contributed by atoms with E-state index in [2.05, 4.69) is 15.9 Å². The molecule has 0 saturated heterocycles. The average molecular weight is 351 g/mol. The van der Waals surface area contributed by atoms with Gasteiger partial charge < -0.3 is 14.2 Å². The highest BCUT2D eigenvalue weighted by molar-refractivity contribution is 9.10. The second-order valence-electron chi connectivity index (χ2n) is 4.24. The van der Waals surface area contributed by atoms with Crippen LogP contribution in [-0.4, -0.2) is 26.6 Å². The minimum absolute atomic E-state index is 0.0436. The Morgan fingerprint density at radius 2 is 1.76 bits per heavy atom. The van der Waals surface area contributed by atoms with Gasteiger partial charge in [-0.2, -0.15) is 0 Å². The summed E-state index contributed by atoms with van der Waals surface area (Å²) in [6, 6.07) is 12.3. The van der Waals surface area contributed by atoms with Crippen LogP contribution in [0, 0.1) is 0 Å². The van der Waals surface area contributed by atoms with Crippen molar-refractivity contribution < 1.29 is 19.0 Å². The number of halogens is 1. The molecule has 0 aliphatic carbocycles. The van der Waals surface area contributed by atoms with Crippen LogP contribution in [0.25, 0.3) is 0 Å². The van der Waals surface area contributed by atoms with Gasteiger partial charge in [0.25, 0.3) is 0 Å². The van der Waals surface area contributed by atoms with Gasteiger partial charge in [0.15, 0.2) is 12.4 Å². The molecule has 5 heteroatoms. The highest BCUT2D eigenvalue weighted by Gasteiger charge is 2.10. The van der Waals surface area contributed by atoms with Gasteiger partial charge in [0.1, 0.15) is 17.2 Å². The molecule has 21 heavy (non-hydrogen) atoms. The zero-order valence-electron chi connectivity index (χ0n) is 11.8. The monoisotopic (exact) mass is 350 g/mol. The summed E-state index contributed by atoms with van der Waals surface area (Å²) in [5.74, 6) is 1.84. The normalized spacial score (nSPS) is 10.0. The van der Waals surface area contributed by atoms with Gasteiger partial charge in [0.2, 0.25) is 0 Å². The third kappa shape index (κ3) is 3.98. The molecule has 0 atom stereocenters. The third-order valence-electron chi connectivity index (χ3n) is 2.89. The van der Waals surface area contributed by atoms with Crippen molar-refractivity contribution >= 4 is 21.7 Å². The van der Waals surface area contributed by atoms with E-state index in [1.54, 1.807) is 56.7 Å². The largest absolute Gasteiger partial charge is 0.497 e. The van der Waals surface area contributed by atoms with Gasteiger partial charge in [-0.05, 0) is 46.3 Å². The molecule has 0 radical (unpaired) electrons. The van der Waals surface area contributed by atoms with E-state index in [0.717, 1.165) is 4.47 Å². The molecule has 0 aliphatic heterocycles. The lowest BCUT2D eigenvalue weighted by Gasteiger charge is -2.09. The number of hydrogen-bond acceptors (Lipinski definition) is 4. The highest BCUT2D eigenvalue weighted by Crippen LogP contribution is 2.29. The second kappa shape index (κ2) is 7.13. The van der Waals surface area contributed by atoms with Crippen molar-refractivity contribution in [3.05, 3.63) is 52.5 Å². The van der Waals surface area contributed by atoms with E-state index >= 15 is 0 Å². The van der Waals surface area contributed by atoms with E-state index in [9.17, 15) is 4.79 Å². The molecule has 2 rings (SSSR count). The Bertz CT molecular complexity index is 640.